The maximum Gasteiger partial charge on any atom is 0.273 e. The Hall–Kier alpha value is -3.00. The van der Waals surface area contributed by atoms with Crippen LogP contribution in [-0.4, -0.2) is 32.1 Å². The van der Waals surface area contributed by atoms with Crippen molar-refractivity contribution in [2.24, 2.45) is 0 Å². The lowest BCUT2D eigenvalue weighted by atomic mass is 10.1. The maximum atomic E-state index is 12.6. The molecule has 2 aromatic heterocycles. The summed E-state index contributed by atoms with van der Waals surface area (Å²) in [6.45, 7) is 1.86. The largest absolute Gasteiger partial charge is 0.355 e. The van der Waals surface area contributed by atoms with Gasteiger partial charge in [0, 0.05) is 16.1 Å². The van der Waals surface area contributed by atoms with Crippen molar-refractivity contribution in [1.82, 2.24) is 25.5 Å². The van der Waals surface area contributed by atoms with E-state index < -0.39 is 0 Å². The molecule has 0 aliphatic heterocycles. The molecule has 0 bridgehead atoms. The highest BCUT2D eigenvalue weighted by Crippen LogP contribution is 2.31. The molecule has 5 rings (SSSR count). The van der Waals surface area contributed by atoms with Crippen LogP contribution in [0.5, 0.6) is 0 Å². The van der Waals surface area contributed by atoms with Crippen LogP contribution in [0.3, 0.4) is 0 Å². The van der Waals surface area contributed by atoms with Gasteiger partial charge in [0.2, 0.25) is 0 Å². The highest BCUT2D eigenvalue weighted by Gasteiger charge is 2.23. The number of halogens is 1. The van der Waals surface area contributed by atoms with Crippen molar-refractivity contribution in [3.05, 3.63) is 58.3 Å². The van der Waals surface area contributed by atoms with Crippen LogP contribution in [0.1, 0.15) is 41.9 Å². The molecule has 4 aromatic rings. The Morgan fingerprint density at radius 2 is 1.93 bits per heavy atom. The summed E-state index contributed by atoms with van der Waals surface area (Å²) in [6, 6.07) is 13.9. The summed E-state index contributed by atoms with van der Waals surface area (Å²) >= 11 is 3.45. The Morgan fingerprint density at radius 1 is 1.17 bits per heavy atom. The number of nitrogens with zero attached hydrogens (tertiary/aromatic N) is 4. The van der Waals surface area contributed by atoms with Crippen molar-refractivity contribution in [3.63, 3.8) is 0 Å². The van der Waals surface area contributed by atoms with Crippen LogP contribution in [0.4, 0.5) is 0 Å². The minimum absolute atomic E-state index is 0.160. The van der Waals surface area contributed by atoms with Crippen molar-refractivity contribution >= 4 is 32.7 Å². The molecule has 1 amide bonds. The minimum Gasteiger partial charge on any atom is -0.355 e. The lowest BCUT2D eigenvalue weighted by Gasteiger charge is -2.10. The third-order valence-electron chi connectivity index (χ3n) is 5.61. The van der Waals surface area contributed by atoms with E-state index in [4.69, 9.17) is 4.52 Å². The molecular weight excluding hydrogens is 446 g/mol. The van der Waals surface area contributed by atoms with Crippen LogP contribution in [0, 0.1) is 6.92 Å². The van der Waals surface area contributed by atoms with E-state index in [1.807, 2.05) is 49.4 Å². The first kappa shape index (κ1) is 19.0. The average Bonchev–Trinajstić information content (AvgIpc) is 3.48. The van der Waals surface area contributed by atoms with Crippen molar-refractivity contribution in [3.8, 4) is 17.0 Å². The molecule has 7 nitrogen and oxygen atoms in total. The Kier molecular flexibility index (Phi) is 4.86. The van der Waals surface area contributed by atoms with E-state index in [9.17, 15) is 4.79 Å². The van der Waals surface area contributed by atoms with E-state index in [1.54, 1.807) is 4.68 Å². The fraction of sp³-hybridized carbons (Fsp3) is 0.273. The van der Waals surface area contributed by atoms with Crippen molar-refractivity contribution < 1.29 is 9.32 Å². The monoisotopic (exact) mass is 465 g/mol. The normalized spacial score (nSPS) is 14.5. The van der Waals surface area contributed by atoms with Gasteiger partial charge in [-0.3, -0.25) is 4.79 Å². The topological polar surface area (TPSA) is 85.8 Å². The molecule has 2 heterocycles. The minimum atomic E-state index is -0.160. The van der Waals surface area contributed by atoms with Crippen molar-refractivity contribution in [2.75, 3.05) is 0 Å². The number of amides is 1. The molecule has 0 radical (unpaired) electrons. The number of hydrogen-bond acceptors (Lipinski definition) is 5. The summed E-state index contributed by atoms with van der Waals surface area (Å²) in [5.41, 5.74) is 3.55. The van der Waals surface area contributed by atoms with E-state index in [0.29, 0.717) is 17.1 Å². The van der Waals surface area contributed by atoms with Gasteiger partial charge >= 0.3 is 0 Å². The van der Waals surface area contributed by atoms with Crippen LogP contribution in [0.25, 0.3) is 27.9 Å². The lowest BCUT2D eigenvalue weighted by molar-refractivity contribution is 0.0932. The standard InChI is InChI=1S/C22H20BrN5O2/c1-13-20(22(29)24-16-4-2-3-5-16)25-27-28(13)17-10-11-19-18(12-17)21(30-26-19)14-6-8-15(23)9-7-14/h6-12,16H,2-5H2,1H3,(H,24,29). The highest BCUT2D eigenvalue weighted by molar-refractivity contribution is 9.10. The smallest absolute Gasteiger partial charge is 0.273 e. The number of aromatic nitrogens is 4. The molecule has 1 fully saturated rings. The van der Waals surface area contributed by atoms with Crippen molar-refractivity contribution in [2.45, 2.75) is 38.6 Å². The Labute approximate surface area is 181 Å². The van der Waals surface area contributed by atoms with Crippen LogP contribution in [-0.2, 0) is 0 Å². The molecule has 2 aromatic carbocycles. The average molecular weight is 466 g/mol. The molecule has 30 heavy (non-hydrogen) atoms. The lowest BCUT2D eigenvalue weighted by Crippen LogP contribution is -2.33. The van der Waals surface area contributed by atoms with Gasteiger partial charge in [-0.2, -0.15) is 0 Å². The molecule has 8 heteroatoms. The van der Waals surface area contributed by atoms with Gasteiger partial charge < -0.3 is 9.84 Å². The summed E-state index contributed by atoms with van der Waals surface area (Å²) in [4.78, 5) is 12.6. The van der Waals surface area contributed by atoms with Gasteiger partial charge in [0.15, 0.2) is 11.5 Å². The van der Waals surface area contributed by atoms with Gasteiger partial charge in [-0.25, -0.2) is 4.68 Å². The van der Waals surface area contributed by atoms with Crippen LogP contribution < -0.4 is 5.32 Å². The summed E-state index contributed by atoms with van der Waals surface area (Å²) in [5, 5.41) is 16.5. The molecule has 1 aliphatic rings. The second-order valence-electron chi connectivity index (χ2n) is 7.61. The van der Waals surface area contributed by atoms with E-state index in [1.165, 1.54) is 0 Å². The van der Waals surface area contributed by atoms with Crippen LogP contribution in [0.2, 0.25) is 0 Å². The quantitative estimate of drug-likeness (QED) is 0.466. The number of rotatable bonds is 4. The Morgan fingerprint density at radius 3 is 2.70 bits per heavy atom. The number of hydrogen-bond donors (Lipinski definition) is 1. The number of carbonyl (C=O) groups excluding carboxylic acids is 1. The highest BCUT2D eigenvalue weighted by atomic mass is 79.9. The summed E-state index contributed by atoms with van der Waals surface area (Å²) in [6.07, 6.45) is 4.38. The zero-order chi connectivity index (χ0) is 20.7. The SMILES string of the molecule is Cc1c(C(=O)NC2CCCC2)nnn1-c1ccc2noc(-c3ccc(Br)cc3)c2c1. The molecule has 0 unspecified atom stereocenters. The number of nitrogens with one attached hydrogen (secondary N) is 1. The third kappa shape index (κ3) is 3.41. The first-order valence-electron chi connectivity index (χ1n) is 9.99. The summed E-state index contributed by atoms with van der Waals surface area (Å²) in [7, 11) is 0. The molecule has 0 saturated heterocycles. The molecule has 1 saturated carbocycles. The zero-order valence-corrected chi connectivity index (χ0v) is 18.0. The predicted octanol–water partition coefficient (Wildman–Crippen LogP) is 4.82. The van der Waals surface area contributed by atoms with Gasteiger partial charge in [0.05, 0.1) is 16.8 Å². The number of carbonyl (C=O) groups is 1. The molecule has 152 valence electrons. The number of benzene rings is 2. The summed E-state index contributed by atoms with van der Waals surface area (Å²) in [5.74, 6) is 0.531. The van der Waals surface area contributed by atoms with Crippen LogP contribution >= 0.6 is 15.9 Å². The zero-order valence-electron chi connectivity index (χ0n) is 16.4. The second kappa shape index (κ2) is 7.68. The third-order valence-corrected chi connectivity index (χ3v) is 6.14. The first-order chi connectivity index (χ1) is 14.6. The van der Waals surface area contributed by atoms with E-state index >= 15 is 0 Å². The van der Waals surface area contributed by atoms with E-state index in [-0.39, 0.29) is 11.9 Å². The van der Waals surface area contributed by atoms with E-state index in [0.717, 1.165) is 52.3 Å². The molecule has 0 atom stereocenters. The maximum absolute atomic E-state index is 12.6. The fourth-order valence-electron chi connectivity index (χ4n) is 3.98. The number of fused-ring (bicyclic) bond motifs is 1. The molecule has 1 N–H and O–H groups in total. The van der Waals surface area contributed by atoms with Gasteiger partial charge in [-0.05, 0) is 62.2 Å². The molecule has 0 spiro atoms. The molecule has 1 aliphatic carbocycles. The van der Waals surface area contributed by atoms with Gasteiger partial charge in [-0.1, -0.05) is 39.1 Å². The predicted molar refractivity (Wildman–Crippen MR) is 117 cm³/mol. The Balaban J connectivity index is 1.49. The fourth-order valence-corrected chi connectivity index (χ4v) is 4.24. The van der Waals surface area contributed by atoms with Gasteiger partial charge in [0.1, 0.15) is 5.52 Å². The Bertz CT molecular complexity index is 1220. The summed E-state index contributed by atoms with van der Waals surface area (Å²) < 4.78 is 8.28. The van der Waals surface area contributed by atoms with Gasteiger partial charge in [-0.15, -0.1) is 5.10 Å². The van der Waals surface area contributed by atoms with Crippen molar-refractivity contribution in [1.29, 1.82) is 0 Å². The molecular formula is C22H20BrN5O2. The van der Waals surface area contributed by atoms with Crippen LogP contribution in [0.15, 0.2) is 51.5 Å². The second-order valence-corrected chi connectivity index (χ2v) is 8.53. The first-order valence-corrected chi connectivity index (χ1v) is 10.8. The van der Waals surface area contributed by atoms with Gasteiger partial charge in [0.25, 0.3) is 5.91 Å². The van der Waals surface area contributed by atoms with E-state index in [2.05, 4.69) is 36.7 Å².